The molecule has 0 aliphatic heterocycles. The molecule has 3 aromatic heterocycles. The molecule has 0 aliphatic carbocycles. The molecule has 1 atom stereocenters. The minimum absolute atomic E-state index is 0.150. The highest BCUT2D eigenvalue weighted by Crippen LogP contribution is 2.26. The third kappa shape index (κ3) is 3.12. The summed E-state index contributed by atoms with van der Waals surface area (Å²) >= 11 is 0. The number of nitrogen functional groups attached to an aromatic ring is 1. The van der Waals surface area contributed by atoms with Gasteiger partial charge < -0.3 is 10.3 Å². The Bertz CT molecular complexity index is 1190. The summed E-state index contributed by atoms with van der Waals surface area (Å²) in [4.78, 5) is 17.4. The lowest BCUT2D eigenvalue weighted by atomic mass is 10.1. The summed E-state index contributed by atoms with van der Waals surface area (Å²) in [6.07, 6.45) is 4.88. The van der Waals surface area contributed by atoms with Gasteiger partial charge in [-0.25, -0.2) is 9.97 Å². The van der Waals surface area contributed by atoms with Crippen LogP contribution in [0.2, 0.25) is 0 Å². The zero-order valence-corrected chi connectivity index (χ0v) is 15.7. The number of pyridine rings is 1. The van der Waals surface area contributed by atoms with Gasteiger partial charge in [-0.2, -0.15) is 10.2 Å². The van der Waals surface area contributed by atoms with Crippen molar-refractivity contribution >= 4 is 31.7 Å². The van der Waals surface area contributed by atoms with E-state index < -0.39 is 0 Å². The summed E-state index contributed by atoms with van der Waals surface area (Å²) in [7, 11) is 2.77. The molecule has 3 heterocycles. The first-order valence-corrected chi connectivity index (χ1v) is 8.82. The van der Waals surface area contributed by atoms with Crippen molar-refractivity contribution in [1.29, 1.82) is 5.26 Å². The van der Waals surface area contributed by atoms with Gasteiger partial charge in [0.2, 0.25) is 5.95 Å². The van der Waals surface area contributed by atoms with Crippen molar-refractivity contribution in [2.24, 2.45) is 0 Å². The second-order valence-electron chi connectivity index (χ2n) is 6.19. The molecule has 0 saturated heterocycles. The first kappa shape index (κ1) is 17.1. The van der Waals surface area contributed by atoms with Crippen molar-refractivity contribution in [3.8, 4) is 17.3 Å². The Labute approximate surface area is 158 Å². The number of hydrogen-bond donors (Lipinski definition) is 1. The minimum atomic E-state index is 0.150. The summed E-state index contributed by atoms with van der Waals surface area (Å²) < 4.78 is 1.95. The van der Waals surface area contributed by atoms with Gasteiger partial charge in [0.1, 0.15) is 17.3 Å². The second-order valence-corrected chi connectivity index (χ2v) is 6.81. The van der Waals surface area contributed by atoms with Crippen LogP contribution >= 0.6 is 9.24 Å². The van der Waals surface area contributed by atoms with E-state index in [1.54, 1.807) is 18.6 Å². The van der Waals surface area contributed by atoms with Gasteiger partial charge in [-0.1, -0.05) is 18.2 Å². The number of hydrogen-bond acceptors (Lipinski definition) is 6. The highest BCUT2D eigenvalue weighted by atomic mass is 31.0. The topological polar surface area (TPSA) is 106 Å². The van der Waals surface area contributed by atoms with E-state index in [9.17, 15) is 0 Å². The average molecular weight is 373 g/mol. The standard InChI is InChI=1S/C19H16N7P/c1-11-3-2-4-15(27)14(11)9-26-10-23-17-16(24-19(21)25-18(17)26)13-5-12(6-20)7-22-8-13/h2-5,7-8,10H,9,27H2,1H3,(H2,21,24,25). The van der Waals surface area contributed by atoms with E-state index in [4.69, 9.17) is 11.0 Å². The number of nitriles is 1. The van der Waals surface area contributed by atoms with Gasteiger partial charge >= 0.3 is 0 Å². The quantitative estimate of drug-likeness (QED) is 0.552. The van der Waals surface area contributed by atoms with E-state index in [1.165, 1.54) is 17.3 Å². The van der Waals surface area contributed by atoms with Crippen molar-refractivity contribution in [3.63, 3.8) is 0 Å². The number of rotatable bonds is 3. The molecule has 7 nitrogen and oxygen atoms in total. The lowest BCUT2D eigenvalue weighted by Crippen LogP contribution is -2.10. The van der Waals surface area contributed by atoms with Crippen molar-refractivity contribution < 1.29 is 0 Å². The maximum atomic E-state index is 9.13. The Morgan fingerprint density at radius 1 is 1.26 bits per heavy atom. The molecule has 0 saturated carbocycles. The first-order valence-electron chi connectivity index (χ1n) is 8.24. The Balaban J connectivity index is 1.87. The first-order chi connectivity index (χ1) is 13.1. The van der Waals surface area contributed by atoms with Gasteiger partial charge in [0.15, 0.2) is 5.65 Å². The van der Waals surface area contributed by atoms with Crippen molar-refractivity contribution in [3.05, 3.63) is 59.7 Å². The fourth-order valence-corrected chi connectivity index (χ4v) is 3.45. The van der Waals surface area contributed by atoms with Gasteiger partial charge in [-0.3, -0.25) is 4.98 Å². The van der Waals surface area contributed by atoms with Crippen LogP contribution in [0.4, 0.5) is 5.95 Å². The molecule has 8 heteroatoms. The van der Waals surface area contributed by atoms with Crippen molar-refractivity contribution in [2.45, 2.75) is 13.5 Å². The SMILES string of the molecule is Cc1cccc(P)c1Cn1cnc2c(-c3cncc(C#N)c3)nc(N)nc21. The number of aromatic nitrogens is 5. The maximum absolute atomic E-state index is 9.13. The van der Waals surface area contributed by atoms with Crippen molar-refractivity contribution in [1.82, 2.24) is 24.5 Å². The zero-order chi connectivity index (χ0) is 19.0. The number of benzene rings is 1. The molecule has 1 unspecified atom stereocenters. The molecule has 0 fully saturated rings. The summed E-state index contributed by atoms with van der Waals surface area (Å²) in [5, 5.41) is 10.3. The van der Waals surface area contributed by atoms with Crippen LogP contribution in [0.5, 0.6) is 0 Å². The summed E-state index contributed by atoms with van der Waals surface area (Å²) in [5.41, 5.74) is 11.3. The normalized spacial score (nSPS) is 10.9. The van der Waals surface area contributed by atoms with E-state index in [2.05, 4.69) is 54.3 Å². The molecule has 132 valence electrons. The lowest BCUT2D eigenvalue weighted by Gasteiger charge is -2.11. The van der Waals surface area contributed by atoms with Crippen LogP contribution in [0.3, 0.4) is 0 Å². The minimum Gasteiger partial charge on any atom is -0.368 e. The van der Waals surface area contributed by atoms with E-state index >= 15 is 0 Å². The molecule has 1 aromatic carbocycles. The van der Waals surface area contributed by atoms with Crippen LogP contribution in [0.25, 0.3) is 22.4 Å². The van der Waals surface area contributed by atoms with Gasteiger partial charge in [-0.05, 0) is 29.4 Å². The number of anilines is 1. The van der Waals surface area contributed by atoms with Gasteiger partial charge in [-0.15, -0.1) is 9.24 Å². The average Bonchev–Trinajstić information content (AvgIpc) is 3.07. The van der Waals surface area contributed by atoms with Crippen molar-refractivity contribution in [2.75, 3.05) is 5.73 Å². The van der Waals surface area contributed by atoms with E-state index in [0.717, 1.165) is 5.30 Å². The summed E-state index contributed by atoms with van der Waals surface area (Å²) in [6.45, 7) is 2.70. The van der Waals surface area contributed by atoms with Gasteiger partial charge in [0.25, 0.3) is 0 Å². The predicted molar refractivity (Wildman–Crippen MR) is 107 cm³/mol. The van der Waals surface area contributed by atoms with Crippen LogP contribution in [0.15, 0.2) is 43.0 Å². The molecular weight excluding hydrogens is 357 g/mol. The number of nitrogens with two attached hydrogens (primary N) is 1. The third-order valence-corrected chi connectivity index (χ3v) is 4.94. The third-order valence-electron chi connectivity index (χ3n) is 4.40. The molecule has 0 aliphatic rings. The molecule has 0 spiro atoms. The molecular formula is C19H16N7P. The van der Waals surface area contributed by atoms with E-state index in [-0.39, 0.29) is 5.95 Å². The Hall–Kier alpha value is -3.36. The number of nitrogens with zero attached hydrogens (tertiary/aromatic N) is 6. The zero-order valence-electron chi connectivity index (χ0n) is 14.6. The molecule has 2 N–H and O–H groups in total. The van der Waals surface area contributed by atoms with Gasteiger partial charge in [0, 0.05) is 18.0 Å². The number of imidazole rings is 1. The fraction of sp³-hybridized carbons (Fsp3) is 0.105. The Kier molecular flexibility index (Phi) is 4.27. The monoisotopic (exact) mass is 373 g/mol. The highest BCUT2D eigenvalue weighted by molar-refractivity contribution is 7.27. The fourth-order valence-electron chi connectivity index (χ4n) is 3.02. The molecule has 0 bridgehead atoms. The van der Waals surface area contributed by atoms with Crippen LogP contribution in [0.1, 0.15) is 16.7 Å². The van der Waals surface area contributed by atoms with Crippen LogP contribution in [-0.4, -0.2) is 24.5 Å². The molecule has 4 rings (SSSR count). The Morgan fingerprint density at radius 2 is 2.11 bits per heavy atom. The van der Waals surface area contributed by atoms with Crippen LogP contribution in [-0.2, 0) is 6.54 Å². The summed E-state index contributed by atoms with van der Waals surface area (Å²) in [6, 6.07) is 9.97. The second kappa shape index (κ2) is 6.75. The Morgan fingerprint density at radius 3 is 2.89 bits per heavy atom. The predicted octanol–water partition coefficient (Wildman–Crippen LogP) is 2.20. The molecule has 4 aromatic rings. The highest BCUT2D eigenvalue weighted by Gasteiger charge is 2.16. The summed E-state index contributed by atoms with van der Waals surface area (Å²) in [5.74, 6) is 0.150. The number of fused-ring (bicyclic) bond motifs is 1. The van der Waals surface area contributed by atoms with Gasteiger partial charge in [0.05, 0.1) is 18.4 Å². The maximum Gasteiger partial charge on any atom is 0.222 e. The number of aryl methyl sites for hydroxylation is 1. The van der Waals surface area contributed by atoms with E-state index in [1.807, 2.05) is 10.6 Å². The smallest absolute Gasteiger partial charge is 0.222 e. The molecule has 27 heavy (non-hydrogen) atoms. The van der Waals surface area contributed by atoms with E-state index in [0.29, 0.717) is 34.5 Å². The lowest BCUT2D eigenvalue weighted by molar-refractivity contribution is 0.813. The van der Waals surface area contributed by atoms with Crippen LogP contribution in [0, 0.1) is 18.3 Å². The van der Waals surface area contributed by atoms with Crippen LogP contribution < -0.4 is 11.0 Å². The largest absolute Gasteiger partial charge is 0.368 e. The molecule has 0 amide bonds. The molecule has 0 radical (unpaired) electrons.